The van der Waals surface area contributed by atoms with Crippen molar-refractivity contribution in [3.63, 3.8) is 0 Å². The molecule has 0 saturated heterocycles. The molecule has 0 aliphatic heterocycles. The molecule has 0 saturated carbocycles. The molecule has 3 heteroatoms. The van der Waals surface area contributed by atoms with E-state index < -0.39 is 0 Å². The lowest BCUT2D eigenvalue weighted by Gasteiger charge is -2.09. The van der Waals surface area contributed by atoms with Gasteiger partial charge in [0.05, 0.1) is 6.61 Å². The molecule has 0 bridgehead atoms. The number of phenolic OH excluding ortho intramolecular Hbond substituents is 2. The first-order valence-corrected chi connectivity index (χ1v) is 3.81. The smallest absolute Gasteiger partial charge is 0.200 e. The Morgan fingerprint density at radius 3 is 2.58 bits per heavy atom. The summed E-state index contributed by atoms with van der Waals surface area (Å²) in [5, 5.41) is 18.5. The molecule has 0 heterocycles. The zero-order chi connectivity index (χ0) is 9.14. The van der Waals surface area contributed by atoms with Gasteiger partial charge in [-0.25, -0.2) is 0 Å². The second kappa shape index (κ2) is 3.34. The average Bonchev–Trinajstić information content (AvgIpc) is 2.06. The van der Waals surface area contributed by atoms with Crippen LogP contribution < -0.4 is 4.74 Å². The van der Waals surface area contributed by atoms with Crippen LogP contribution in [0.5, 0.6) is 17.2 Å². The van der Waals surface area contributed by atoms with Crippen molar-refractivity contribution in [2.45, 2.75) is 13.8 Å². The van der Waals surface area contributed by atoms with Gasteiger partial charge < -0.3 is 14.9 Å². The number of aromatic hydroxyl groups is 2. The SMILES string of the molecule is CCOc1c(C)ccc(O)c1O. The number of ether oxygens (including phenoxy) is 1. The van der Waals surface area contributed by atoms with Crippen molar-refractivity contribution in [3.8, 4) is 17.2 Å². The van der Waals surface area contributed by atoms with E-state index in [0.717, 1.165) is 5.56 Å². The molecule has 0 fully saturated rings. The minimum Gasteiger partial charge on any atom is -0.504 e. The zero-order valence-corrected chi connectivity index (χ0v) is 7.16. The Bertz CT molecular complexity index is 281. The second-order valence-corrected chi connectivity index (χ2v) is 2.51. The lowest BCUT2D eigenvalue weighted by molar-refractivity contribution is 0.306. The van der Waals surface area contributed by atoms with Gasteiger partial charge in [-0.15, -0.1) is 0 Å². The van der Waals surface area contributed by atoms with E-state index >= 15 is 0 Å². The number of rotatable bonds is 2. The van der Waals surface area contributed by atoms with Gasteiger partial charge in [-0.1, -0.05) is 6.07 Å². The number of aryl methyl sites for hydroxylation is 1. The van der Waals surface area contributed by atoms with Gasteiger partial charge in [0.2, 0.25) is 5.75 Å². The first-order chi connectivity index (χ1) is 5.66. The monoisotopic (exact) mass is 168 g/mol. The highest BCUT2D eigenvalue weighted by Gasteiger charge is 2.09. The van der Waals surface area contributed by atoms with Gasteiger partial charge in [-0.3, -0.25) is 0 Å². The summed E-state index contributed by atoms with van der Waals surface area (Å²) in [5.41, 5.74) is 0.812. The molecule has 0 atom stereocenters. The molecule has 3 nitrogen and oxygen atoms in total. The molecule has 0 spiro atoms. The van der Waals surface area contributed by atoms with E-state index in [2.05, 4.69) is 0 Å². The number of hydrogen-bond acceptors (Lipinski definition) is 3. The highest BCUT2D eigenvalue weighted by atomic mass is 16.5. The van der Waals surface area contributed by atoms with Crippen molar-refractivity contribution in [2.75, 3.05) is 6.61 Å². The molecule has 66 valence electrons. The second-order valence-electron chi connectivity index (χ2n) is 2.51. The first kappa shape index (κ1) is 8.71. The van der Waals surface area contributed by atoms with Crippen molar-refractivity contribution in [3.05, 3.63) is 17.7 Å². The van der Waals surface area contributed by atoms with E-state index in [4.69, 9.17) is 9.84 Å². The fourth-order valence-corrected chi connectivity index (χ4v) is 0.988. The molecular weight excluding hydrogens is 156 g/mol. The van der Waals surface area contributed by atoms with Gasteiger partial charge in [-0.05, 0) is 25.5 Å². The van der Waals surface area contributed by atoms with Crippen molar-refractivity contribution in [2.24, 2.45) is 0 Å². The van der Waals surface area contributed by atoms with Crippen LogP contribution in [-0.4, -0.2) is 16.8 Å². The van der Waals surface area contributed by atoms with Crippen LogP contribution in [0, 0.1) is 6.92 Å². The molecule has 2 N–H and O–H groups in total. The largest absolute Gasteiger partial charge is 0.504 e. The van der Waals surface area contributed by atoms with Gasteiger partial charge in [0.1, 0.15) is 0 Å². The van der Waals surface area contributed by atoms with Gasteiger partial charge >= 0.3 is 0 Å². The lowest BCUT2D eigenvalue weighted by Crippen LogP contribution is -1.94. The van der Waals surface area contributed by atoms with E-state index in [0.29, 0.717) is 12.4 Å². The summed E-state index contributed by atoms with van der Waals surface area (Å²) in [7, 11) is 0. The Hall–Kier alpha value is -1.38. The Morgan fingerprint density at radius 2 is 2.00 bits per heavy atom. The molecule has 12 heavy (non-hydrogen) atoms. The van der Waals surface area contributed by atoms with Gasteiger partial charge in [0.25, 0.3) is 0 Å². The molecule has 1 aromatic rings. The van der Waals surface area contributed by atoms with E-state index in [-0.39, 0.29) is 11.5 Å². The third-order valence-corrected chi connectivity index (χ3v) is 1.60. The van der Waals surface area contributed by atoms with Crippen LogP contribution >= 0.6 is 0 Å². The fourth-order valence-electron chi connectivity index (χ4n) is 0.988. The lowest BCUT2D eigenvalue weighted by atomic mass is 10.2. The Balaban J connectivity index is 3.14. The highest BCUT2D eigenvalue weighted by molar-refractivity contribution is 5.53. The van der Waals surface area contributed by atoms with Crippen molar-refractivity contribution >= 4 is 0 Å². The summed E-state index contributed by atoms with van der Waals surface area (Å²) in [6.07, 6.45) is 0. The van der Waals surface area contributed by atoms with Crippen LogP contribution in [0.3, 0.4) is 0 Å². The topological polar surface area (TPSA) is 49.7 Å². The normalized spacial score (nSPS) is 9.83. The number of phenols is 2. The van der Waals surface area contributed by atoms with Crippen LogP contribution in [0.25, 0.3) is 0 Å². The maximum atomic E-state index is 9.33. The maximum Gasteiger partial charge on any atom is 0.200 e. The van der Waals surface area contributed by atoms with E-state index in [1.165, 1.54) is 6.07 Å². The predicted octanol–water partition coefficient (Wildman–Crippen LogP) is 1.80. The zero-order valence-electron chi connectivity index (χ0n) is 7.16. The van der Waals surface area contributed by atoms with Crippen LogP contribution in [0.15, 0.2) is 12.1 Å². The molecule has 1 rings (SSSR count). The minimum absolute atomic E-state index is 0.149. The van der Waals surface area contributed by atoms with E-state index in [9.17, 15) is 5.11 Å². The third kappa shape index (κ3) is 1.44. The summed E-state index contributed by atoms with van der Waals surface area (Å²) in [5.74, 6) is 0.0263. The first-order valence-electron chi connectivity index (χ1n) is 3.81. The quantitative estimate of drug-likeness (QED) is 0.662. The van der Waals surface area contributed by atoms with Crippen molar-refractivity contribution in [1.29, 1.82) is 0 Å². The van der Waals surface area contributed by atoms with Gasteiger partial charge in [0.15, 0.2) is 11.5 Å². The average molecular weight is 168 g/mol. The van der Waals surface area contributed by atoms with Crippen LogP contribution in [0.4, 0.5) is 0 Å². The Kier molecular flexibility index (Phi) is 2.43. The third-order valence-electron chi connectivity index (χ3n) is 1.60. The van der Waals surface area contributed by atoms with Crippen LogP contribution in [0.2, 0.25) is 0 Å². The molecule has 1 aromatic carbocycles. The van der Waals surface area contributed by atoms with Crippen LogP contribution in [0.1, 0.15) is 12.5 Å². The summed E-state index contributed by atoms with van der Waals surface area (Å²) in [4.78, 5) is 0. The number of hydrogen-bond donors (Lipinski definition) is 2. The molecule has 0 unspecified atom stereocenters. The van der Waals surface area contributed by atoms with E-state index in [1.807, 2.05) is 13.8 Å². The van der Waals surface area contributed by atoms with Crippen molar-refractivity contribution in [1.82, 2.24) is 0 Å². The highest BCUT2D eigenvalue weighted by Crippen LogP contribution is 2.37. The van der Waals surface area contributed by atoms with Gasteiger partial charge in [0, 0.05) is 0 Å². The summed E-state index contributed by atoms with van der Waals surface area (Å²) < 4.78 is 5.14. The molecule has 0 aromatic heterocycles. The van der Waals surface area contributed by atoms with Crippen molar-refractivity contribution < 1.29 is 14.9 Å². The van der Waals surface area contributed by atoms with Gasteiger partial charge in [-0.2, -0.15) is 0 Å². The fraction of sp³-hybridized carbons (Fsp3) is 0.333. The Morgan fingerprint density at radius 1 is 1.33 bits per heavy atom. The molecule has 0 amide bonds. The predicted molar refractivity (Wildman–Crippen MR) is 45.7 cm³/mol. The standard InChI is InChI=1S/C9H12O3/c1-3-12-9-6(2)4-5-7(10)8(9)11/h4-5,10-11H,3H2,1-2H3. The minimum atomic E-state index is -0.183. The maximum absolute atomic E-state index is 9.33. The summed E-state index contributed by atoms with van der Waals surface area (Å²) in [6, 6.07) is 3.13. The molecule has 0 radical (unpaired) electrons. The molecular formula is C9H12O3. The summed E-state index contributed by atoms with van der Waals surface area (Å²) in [6.45, 7) is 4.10. The molecule has 0 aliphatic carbocycles. The Labute approximate surface area is 71.2 Å². The van der Waals surface area contributed by atoms with Crippen LogP contribution in [-0.2, 0) is 0 Å². The van der Waals surface area contributed by atoms with E-state index in [1.54, 1.807) is 6.07 Å². The summed E-state index contributed by atoms with van der Waals surface area (Å²) >= 11 is 0. The number of benzene rings is 1. The molecule has 0 aliphatic rings.